The summed E-state index contributed by atoms with van der Waals surface area (Å²) in [5.41, 5.74) is 4.42. The first-order valence-corrected chi connectivity index (χ1v) is 9.94. The summed E-state index contributed by atoms with van der Waals surface area (Å²) in [6.45, 7) is 0. The summed E-state index contributed by atoms with van der Waals surface area (Å²) in [5.74, 6) is 0. The van der Waals surface area contributed by atoms with Gasteiger partial charge in [-0.2, -0.15) is 0 Å². The average molecular weight is 371 g/mol. The number of hydrogen-bond donors (Lipinski definition) is 0. The van der Waals surface area contributed by atoms with Gasteiger partial charge in [0.05, 0.1) is 0 Å². The van der Waals surface area contributed by atoms with Gasteiger partial charge in [-0.05, 0) is 40.4 Å². The van der Waals surface area contributed by atoms with Crippen LogP contribution in [0.15, 0.2) is 89.3 Å². The molecule has 0 saturated heterocycles. The molecule has 29 heavy (non-hydrogen) atoms. The Morgan fingerprint density at radius 1 is 0.517 bits per heavy atom. The molecule has 0 aliphatic rings. The number of fused-ring (bicyclic) bond motifs is 11. The van der Waals surface area contributed by atoms with E-state index in [0.29, 0.717) is 0 Å². The van der Waals surface area contributed by atoms with Gasteiger partial charge in [-0.3, -0.25) is 0 Å². The maximum atomic E-state index is 6.17. The molecule has 0 saturated carbocycles. The first-order valence-electron chi connectivity index (χ1n) is 9.94. The van der Waals surface area contributed by atoms with E-state index in [-0.39, 0.29) is 0 Å². The van der Waals surface area contributed by atoms with Gasteiger partial charge >= 0.3 is 0 Å². The van der Waals surface area contributed by atoms with Gasteiger partial charge in [0.15, 0.2) is 0 Å². The van der Waals surface area contributed by atoms with Crippen molar-refractivity contribution < 1.29 is 4.42 Å². The van der Waals surface area contributed by atoms with Gasteiger partial charge < -0.3 is 8.98 Å². The third kappa shape index (κ3) is 1.81. The molecule has 0 spiro atoms. The van der Waals surface area contributed by atoms with Crippen LogP contribution in [0.3, 0.4) is 0 Å². The maximum Gasteiger partial charge on any atom is 0.136 e. The molecule has 2 aromatic heterocycles. The van der Waals surface area contributed by atoms with Crippen molar-refractivity contribution in [3.8, 4) is 0 Å². The van der Waals surface area contributed by atoms with Crippen LogP contribution < -0.4 is 0 Å². The van der Waals surface area contributed by atoms with E-state index in [9.17, 15) is 0 Å². The Labute approximate surface area is 166 Å². The third-order valence-electron chi connectivity index (χ3n) is 6.39. The molecule has 7 rings (SSSR count). The van der Waals surface area contributed by atoms with Crippen LogP contribution in [-0.4, -0.2) is 4.57 Å². The monoisotopic (exact) mass is 371 g/mol. The van der Waals surface area contributed by atoms with Gasteiger partial charge in [0.2, 0.25) is 0 Å². The first kappa shape index (κ1) is 15.2. The van der Waals surface area contributed by atoms with E-state index in [1.54, 1.807) is 0 Å². The summed E-state index contributed by atoms with van der Waals surface area (Å²) in [5, 5.41) is 10.1. The molecule has 0 fully saturated rings. The molecule has 0 radical (unpaired) electrons. The van der Waals surface area contributed by atoms with Gasteiger partial charge in [-0.25, -0.2) is 0 Å². The van der Waals surface area contributed by atoms with Crippen LogP contribution in [0.4, 0.5) is 0 Å². The second-order valence-electron chi connectivity index (χ2n) is 7.83. The van der Waals surface area contributed by atoms with E-state index in [1.807, 2.05) is 6.07 Å². The molecular formula is C27H17NO. The average Bonchev–Trinajstić information content (AvgIpc) is 3.29. The number of benzene rings is 5. The predicted octanol–water partition coefficient (Wildman–Crippen LogP) is 7.54. The summed E-state index contributed by atoms with van der Waals surface area (Å²) < 4.78 is 8.46. The SMILES string of the molecule is Cn1c2ccccc2c2c3ccc4ccc5oc6ccccc6c5c4c3ccc21. The summed E-state index contributed by atoms with van der Waals surface area (Å²) in [7, 11) is 2.15. The Balaban J connectivity index is 1.80. The lowest BCUT2D eigenvalue weighted by atomic mass is 9.95. The Bertz CT molecular complexity index is 1760. The van der Waals surface area contributed by atoms with Gasteiger partial charge in [-0.1, -0.05) is 60.7 Å². The largest absolute Gasteiger partial charge is 0.456 e. The van der Waals surface area contributed by atoms with Crippen molar-refractivity contribution in [2.24, 2.45) is 7.05 Å². The number of nitrogens with zero attached hydrogens (tertiary/aromatic N) is 1. The summed E-state index contributed by atoms with van der Waals surface area (Å²) in [6, 6.07) is 30.3. The number of hydrogen-bond acceptors (Lipinski definition) is 1. The van der Waals surface area contributed by atoms with Crippen LogP contribution in [0, 0.1) is 0 Å². The van der Waals surface area contributed by atoms with Crippen molar-refractivity contribution in [2.45, 2.75) is 0 Å². The fraction of sp³-hybridized carbons (Fsp3) is 0.0370. The fourth-order valence-electron chi connectivity index (χ4n) is 5.10. The molecule has 0 aliphatic carbocycles. The highest BCUT2D eigenvalue weighted by Crippen LogP contribution is 2.41. The molecule has 2 nitrogen and oxygen atoms in total. The van der Waals surface area contributed by atoms with Gasteiger partial charge in [0.25, 0.3) is 0 Å². The molecule has 0 aliphatic heterocycles. The lowest BCUT2D eigenvalue weighted by Crippen LogP contribution is -1.86. The van der Waals surface area contributed by atoms with Crippen LogP contribution in [0.25, 0.3) is 65.3 Å². The summed E-state index contributed by atoms with van der Waals surface area (Å²) in [4.78, 5) is 0. The Hall–Kier alpha value is -3.78. The zero-order valence-corrected chi connectivity index (χ0v) is 15.9. The molecule has 5 aromatic carbocycles. The molecule has 2 heteroatoms. The smallest absolute Gasteiger partial charge is 0.136 e. The molecule has 2 heterocycles. The zero-order chi connectivity index (χ0) is 19.1. The highest BCUT2D eigenvalue weighted by Gasteiger charge is 2.16. The van der Waals surface area contributed by atoms with Crippen LogP contribution in [-0.2, 0) is 7.05 Å². The molecule has 0 bridgehead atoms. The highest BCUT2D eigenvalue weighted by atomic mass is 16.3. The van der Waals surface area contributed by atoms with Crippen LogP contribution >= 0.6 is 0 Å². The molecular weight excluding hydrogens is 354 g/mol. The highest BCUT2D eigenvalue weighted by molar-refractivity contribution is 6.31. The topological polar surface area (TPSA) is 18.1 Å². The first-order chi connectivity index (χ1) is 14.3. The normalized spacial score (nSPS) is 12.3. The molecule has 136 valence electrons. The van der Waals surface area contributed by atoms with Crippen molar-refractivity contribution in [3.63, 3.8) is 0 Å². The van der Waals surface area contributed by atoms with Crippen LogP contribution in [0.5, 0.6) is 0 Å². The molecule has 0 atom stereocenters. The second-order valence-corrected chi connectivity index (χ2v) is 7.83. The van der Waals surface area contributed by atoms with E-state index in [4.69, 9.17) is 4.42 Å². The lowest BCUT2D eigenvalue weighted by Gasteiger charge is -2.08. The van der Waals surface area contributed by atoms with Crippen molar-refractivity contribution in [1.82, 2.24) is 4.57 Å². The Morgan fingerprint density at radius 3 is 2.17 bits per heavy atom. The standard InChI is InChI=1S/C27H17NO/c1-28-21-8-4-2-6-19(21)26-18-12-10-16-11-15-24-27(20-7-3-5-9-23(20)29-24)25(16)17(18)13-14-22(26)28/h2-15H,1H3. The van der Waals surface area contributed by atoms with E-state index in [2.05, 4.69) is 90.5 Å². The van der Waals surface area contributed by atoms with Crippen LogP contribution in [0.2, 0.25) is 0 Å². The number of aryl methyl sites for hydroxylation is 1. The van der Waals surface area contributed by atoms with Gasteiger partial charge in [0, 0.05) is 45.0 Å². The van der Waals surface area contributed by atoms with E-state index >= 15 is 0 Å². The van der Waals surface area contributed by atoms with Crippen molar-refractivity contribution >= 4 is 65.3 Å². The quantitative estimate of drug-likeness (QED) is 0.252. The minimum absolute atomic E-state index is 0.943. The number of para-hydroxylation sites is 2. The van der Waals surface area contributed by atoms with E-state index in [1.165, 1.54) is 54.1 Å². The summed E-state index contributed by atoms with van der Waals surface area (Å²) >= 11 is 0. The van der Waals surface area contributed by atoms with Crippen molar-refractivity contribution in [3.05, 3.63) is 84.9 Å². The number of rotatable bonds is 0. The number of aromatic nitrogens is 1. The fourth-order valence-corrected chi connectivity index (χ4v) is 5.10. The Kier molecular flexibility index (Phi) is 2.71. The number of furan rings is 1. The third-order valence-corrected chi connectivity index (χ3v) is 6.39. The molecule has 0 amide bonds. The minimum Gasteiger partial charge on any atom is -0.456 e. The van der Waals surface area contributed by atoms with Crippen LogP contribution in [0.1, 0.15) is 0 Å². The van der Waals surface area contributed by atoms with Gasteiger partial charge in [-0.15, -0.1) is 0 Å². The van der Waals surface area contributed by atoms with E-state index < -0.39 is 0 Å². The van der Waals surface area contributed by atoms with Gasteiger partial charge in [0.1, 0.15) is 11.2 Å². The maximum absolute atomic E-state index is 6.17. The Morgan fingerprint density at radius 2 is 1.24 bits per heavy atom. The minimum atomic E-state index is 0.943. The van der Waals surface area contributed by atoms with Crippen molar-refractivity contribution in [2.75, 3.05) is 0 Å². The zero-order valence-electron chi connectivity index (χ0n) is 15.9. The van der Waals surface area contributed by atoms with Crippen molar-refractivity contribution in [1.29, 1.82) is 0 Å². The summed E-state index contributed by atoms with van der Waals surface area (Å²) in [6.07, 6.45) is 0. The molecule has 0 unspecified atom stereocenters. The van der Waals surface area contributed by atoms with E-state index in [0.717, 1.165) is 11.2 Å². The molecule has 7 aromatic rings. The second kappa shape index (κ2) is 5.18. The lowest BCUT2D eigenvalue weighted by molar-refractivity contribution is 0.669. The molecule has 0 N–H and O–H groups in total. The predicted molar refractivity (Wildman–Crippen MR) is 123 cm³/mol.